The van der Waals surface area contributed by atoms with Crippen molar-refractivity contribution in [1.82, 2.24) is 4.98 Å². The van der Waals surface area contributed by atoms with Crippen molar-refractivity contribution < 1.29 is 13.2 Å². The fourth-order valence-electron chi connectivity index (χ4n) is 1.97. The zero-order valence-electron chi connectivity index (χ0n) is 10.6. The fraction of sp³-hybridized carbons (Fsp3) is 0.583. The Bertz CT molecular complexity index is 455. The van der Waals surface area contributed by atoms with Gasteiger partial charge in [-0.15, -0.1) is 0 Å². The van der Waals surface area contributed by atoms with E-state index in [9.17, 15) is 13.2 Å². The number of hydrogen-bond acceptors (Lipinski definition) is 4. The summed E-state index contributed by atoms with van der Waals surface area (Å²) in [5, 5.41) is 2.98. The summed E-state index contributed by atoms with van der Waals surface area (Å²) in [6.45, 7) is 2.73. The number of hydrogen-bond donors (Lipinski definition) is 3. The Labute approximate surface area is 109 Å². The van der Waals surface area contributed by atoms with Gasteiger partial charge >= 0.3 is 6.18 Å². The van der Waals surface area contributed by atoms with Crippen molar-refractivity contribution in [3.8, 4) is 0 Å². The van der Waals surface area contributed by atoms with E-state index in [2.05, 4.69) is 22.7 Å². The van der Waals surface area contributed by atoms with Crippen LogP contribution in [0.5, 0.6) is 0 Å². The molecule has 7 heteroatoms. The van der Waals surface area contributed by atoms with Crippen molar-refractivity contribution in [3.63, 3.8) is 0 Å². The molecule has 0 atom stereocenters. The Morgan fingerprint density at radius 1 is 1.32 bits per heavy atom. The first-order valence-electron chi connectivity index (χ1n) is 6.18. The zero-order valence-corrected chi connectivity index (χ0v) is 10.6. The number of anilines is 2. The smallest absolute Gasteiger partial charge is 0.369 e. The van der Waals surface area contributed by atoms with Gasteiger partial charge in [0, 0.05) is 6.54 Å². The number of halogens is 3. The van der Waals surface area contributed by atoms with E-state index in [-0.39, 0.29) is 17.1 Å². The van der Waals surface area contributed by atoms with Gasteiger partial charge in [0.25, 0.3) is 0 Å². The quantitative estimate of drug-likeness (QED) is 0.570. The van der Waals surface area contributed by atoms with E-state index < -0.39 is 11.7 Å². The molecular weight excluding hydrogens is 257 g/mol. The molecule has 1 aromatic heterocycles. The number of aromatic nitrogens is 1. The number of alkyl halides is 3. The average Bonchev–Trinajstić information content (AvgIpc) is 3.15. The van der Waals surface area contributed by atoms with Crippen LogP contribution in [0.1, 0.15) is 31.7 Å². The van der Waals surface area contributed by atoms with Crippen molar-refractivity contribution in [2.24, 2.45) is 11.3 Å². The van der Waals surface area contributed by atoms with Crippen molar-refractivity contribution in [2.45, 2.75) is 32.4 Å². The first-order valence-corrected chi connectivity index (χ1v) is 6.18. The van der Waals surface area contributed by atoms with Crippen LogP contribution in [0.25, 0.3) is 0 Å². The van der Waals surface area contributed by atoms with E-state index in [0.717, 1.165) is 31.4 Å². The van der Waals surface area contributed by atoms with E-state index in [1.54, 1.807) is 0 Å². The molecule has 1 aliphatic carbocycles. The molecule has 4 nitrogen and oxygen atoms in total. The molecule has 0 radical (unpaired) electrons. The lowest BCUT2D eigenvalue weighted by molar-refractivity contribution is -0.137. The van der Waals surface area contributed by atoms with E-state index in [4.69, 9.17) is 5.84 Å². The van der Waals surface area contributed by atoms with Gasteiger partial charge in [-0.05, 0) is 36.8 Å². The summed E-state index contributed by atoms with van der Waals surface area (Å²) in [5.41, 5.74) is 1.62. The summed E-state index contributed by atoms with van der Waals surface area (Å²) in [6.07, 6.45) is -1.18. The summed E-state index contributed by atoms with van der Waals surface area (Å²) in [5.74, 6) is 5.34. The lowest BCUT2D eigenvalue weighted by atomic mass is 10.0. The Balaban J connectivity index is 2.15. The summed E-state index contributed by atoms with van der Waals surface area (Å²) >= 11 is 0. The van der Waals surface area contributed by atoms with Crippen LogP contribution in [0, 0.1) is 5.41 Å². The highest BCUT2D eigenvalue weighted by atomic mass is 19.4. The lowest BCUT2D eigenvalue weighted by Gasteiger charge is -2.16. The first-order chi connectivity index (χ1) is 8.88. The minimum Gasteiger partial charge on any atom is -0.369 e. The largest absolute Gasteiger partial charge is 0.416 e. The highest BCUT2D eigenvalue weighted by Gasteiger charge is 2.40. The number of hydrazine groups is 1. The molecule has 0 saturated heterocycles. The molecule has 19 heavy (non-hydrogen) atoms. The molecule has 2 rings (SSSR count). The van der Waals surface area contributed by atoms with Gasteiger partial charge in [0.2, 0.25) is 0 Å². The molecule has 0 bridgehead atoms. The highest BCUT2D eigenvalue weighted by Crippen LogP contribution is 2.48. The number of nitrogen functional groups attached to an aromatic ring is 1. The van der Waals surface area contributed by atoms with Crippen LogP contribution in [-0.4, -0.2) is 11.5 Å². The van der Waals surface area contributed by atoms with Crippen molar-refractivity contribution in [2.75, 3.05) is 17.3 Å². The minimum atomic E-state index is -4.41. The second-order valence-electron chi connectivity index (χ2n) is 4.98. The number of pyridine rings is 1. The van der Waals surface area contributed by atoms with E-state index in [1.165, 1.54) is 0 Å². The number of nitrogens with zero attached hydrogens (tertiary/aromatic N) is 1. The minimum absolute atomic E-state index is 0.00123. The van der Waals surface area contributed by atoms with Gasteiger partial charge in [-0.1, -0.05) is 6.92 Å². The maximum absolute atomic E-state index is 12.7. The van der Waals surface area contributed by atoms with E-state index >= 15 is 0 Å². The summed E-state index contributed by atoms with van der Waals surface area (Å²) in [7, 11) is 0. The van der Waals surface area contributed by atoms with Gasteiger partial charge in [0.15, 0.2) is 0 Å². The molecule has 0 spiro atoms. The zero-order chi connectivity index (χ0) is 14.1. The maximum Gasteiger partial charge on any atom is 0.416 e. The third-order valence-electron chi connectivity index (χ3n) is 3.65. The topological polar surface area (TPSA) is 63.0 Å². The molecule has 0 unspecified atom stereocenters. The molecule has 1 aromatic rings. The van der Waals surface area contributed by atoms with Crippen LogP contribution < -0.4 is 16.6 Å². The number of nitrogens with two attached hydrogens (primary N) is 1. The van der Waals surface area contributed by atoms with Gasteiger partial charge in [-0.25, -0.2) is 10.8 Å². The van der Waals surface area contributed by atoms with Gasteiger partial charge < -0.3 is 10.7 Å². The monoisotopic (exact) mass is 274 g/mol. The molecule has 1 aliphatic rings. The van der Waals surface area contributed by atoms with Gasteiger partial charge in [0.1, 0.15) is 11.6 Å². The Morgan fingerprint density at radius 2 is 1.95 bits per heavy atom. The lowest BCUT2D eigenvalue weighted by Crippen LogP contribution is -2.18. The Morgan fingerprint density at radius 3 is 2.42 bits per heavy atom. The SMILES string of the molecule is CCC1(CNc2cc(C(F)(F)F)cc(NN)n2)CC1. The van der Waals surface area contributed by atoms with Crippen LogP contribution >= 0.6 is 0 Å². The van der Waals surface area contributed by atoms with E-state index in [1.807, 2.05) is 0 Å². The number of rotatable bonds is 5. The number of nitrogens with one attached hydrogen (secondary N) is 2. The average molecular weight is 274 g/mol. The van der Waals surface area contributed by atoms with Crippen LogP contribution in [-0.2, 0) is 6.18 Å². The third-order valence-corrected chi connectivity index (χ3v) is 3.65. The van der Waals surface area contributed by atoms with Crippen molar-refractivity contribution in [3.05, 3.63) is 17.7 Å². The van der Waals surface area contributed by atoms with Crippen LogP contribution in [0.15, 0.2) is 12.1 Å². The molecule has 1 heterocycles. The van der Waals surface area contributed by atoms with Crippen LogP contribution in [0.2, 0.25) is 0 Å². The summed E-state index contributed by atoms with van der Waals surface area (Å²) in [6, 6.07) is 1.89. The molecule has 0 amide bonds. The maximum atomic E-state index is 12.7. The molecule has 0 aromatic carbocycles. The van der Waals surface area contributed by atoms with Gasteiger partial charge in [-0.2, -0.15) is 13.2 Å². The molecule has 106 valence electrons. The fourth-order valence-corrected chi connectivity index (χ4v) is 1.97. The normalized spacial score (nSPS) is 17.1. The summed E-state index contributed by atoms with van der Waals surface area (Å²) in [4.78, 5) is 3.98. The molecule has 1 fully saturated rings. The Hall–Kier alpha value is -1.50. The standard InChI is InChI=1S/C12H17F3N4/c1-2-11(3-4-11)7-17-9-5-8(12(13,14)15)6-10(18-9)19-16/h5-6H,2-4,7,16H2,1H3,(H2,17,18,19). The highest BCUT2D eigenvalue weighted by molar-refractivity contribution is 5.49. The molecule has 1 saturated carbocycles. The van der Waals surface area contributed by atoms with Crippen LogP contribution in [0.4, 0.5) is 24.8 Å². The molecule has 4 N–H and O–H groups in total. The second-order valence-corrected chi connectivity index (χ2v) is 4.98. The first kappa shape index (κ1) is 13.9. The van der Waals surface area contributed by atoms with Crippen LogP contribution in [0.3, 0.4) is 0 Å². The van der Waals surface area contributed by atoms with Crippen molar-refractivity contribution >= 4 is 11.6 Å². The predicted molar refractivity (Wildman–Crippen MR) is 67.5 cm³/mol. The van der Waals surface area contributed by atoms with Crippen molar-refractivity contribution in [1.29, 1.82) is 0 Å². The predicted octanol–water partition coefficient (Wildman–Crippen LogP) is 2.99. The molecule has 0 aliphatic heterocycles. The van der Waals surface area contributed by atoms with E-state index in [0.29, 0.717) is 6.54 Å². The van der Waals surface area contributed by atoms with Gasteiger partial charge in [0.05, 0.1) is 5.56 Å². The molecular formula is C12H17F3N4. The second kappa shape index (κ2) is 4.88. The summed E-state index contributed by atoms with van der Waals surface area (Å²) < 4.78 is 38.1. The van der Waals surface area contributed by atoms with Gasteiger partial charge in [-0.3, -0.25) is 0 Å². The Kier molecular flexibility index (Phi) is 3.58. The third kappa shape index (κ3) is 3.28.